The summed E-state index contributed by atoms with van der Waals surface area (Å²) < 4.78 is 9.43. The van der Waals surface area contributed by atoms with Crippen LogP contribution < -0.4 is 76.1 Å². The maximum atomic E-state index is 14.8. The Balaban J connectivity index is 0.00000128. The Morgan fingerprint density at radius 3 is 1.42 bits per heavy atom. The van der Waals surface area contributed by atoms with Crippen LogP contribution in [0.1, 0.15) is 171 Å². The number of aromatic hydroxyl groups is 2. The van der Waals surface area contributed by atoms with E-state index in [1.165, 1.54) is 48.6 Å². The van der Waals surface area contributed by atoms with Crippen molar-refractivity contribution in [1.29, 1.82) is 0 Å². The van der Waals surface area contributed by atoms with E-state index in [4.69, 9.17) is 32.4 Å². The minimum absolute atomic E-state index is 0.0314. The van der Waals surface area contributed by atoms with E-state index in [2.05, 4.69) is 62.8 Å². The lowest BCUT2D eigenvalue weighted by atomic mass is 9.96. The van der Waals surface area contributed by atoms with E-state index in [9.17, 15) is 102 Å². The number of nitrogens with two attached hydrogens (primary N) is 4. The monoisotopic (exact) mass is 1730 g/mol. The molecule has 24 N–H and O–H groups in total. The summed E-state index contributed by atoms with van der Waals surface area (Å²) in [6.07, 6.45) is 1.17. The maximum absolute atomic E-state index is 14.8. The number of hydrogen-bond donors (Lipinski definition) is 20. The number of rotatable bonds is 52. The first-order valence-corrected chi connectivity index (χ1v) is 41.1. The highest BCUT2D eigenvalue weighted by atomic mass is 32.2. The van der Waals surface area contributed by atoms with Crippen molar-refractivity contribution in [3.63, 3.8) is 0 Å². The number of carboxylic acid groups (broad SMARTS) is 3. The fraction of sp³-hybridized carbons (Fsp3) is 0.531. The number of phenols is 2. The highest BCUT2D eigenvalue weighted by Crippen LogP contribution is 2.26. The van der Waals surface area contributed by atoms with Crippen molar-refractivity contribution in [2.75, 3.05) is 25.6 Å². The van der Waals surface area contributed by atoms with Crippen LogP contribution in [0.4, 0.5) is 0 Å². The third kappa shape index (κ3) is 34.9. The number of benzene rings is 3. The Morgan fingerprint density at radius 1 is 0.500 bits per heavy atom. The number of nitrogens with one attached hydrogen (secondary N) is 11. The number of ether oxygens (including phenoxy) is 2. The number of thioether (sulfide) groups is 1. The molecule has 0 saturated heterocycles. The number of hydrogen-bond acceptors (Lipinski definition) is 26. The Morgan fingerprint density at radius 2 is 0.943 bits per heavy atom. The number of amides is 11. The number of aliphatic imine (C=N–C) groups is 1. The van der Waals surface area contributed by atoms with Gasteiger partial charge in [-0.15, -0.1) is 11.8 Å². The molecule has 5 rings (SSSR count). The molecular weight excluding hydrogens is 1610 g/mol. The SMILES string of the molecule is CCC(C)C(N)C1=NC(C(=O)NC(CC(C)C)C(=O)NC(CCC(=O)O)C(=O)NC(C(=O)NC(CCCCN)C(=O)NC(CCCN)C(=O)NC(C(=O)NC(Cc2ccccc2)C(=O)NC(Cc2cnc[nH]2)C(=O)NC(CC(=O)O)C(=O)NC(CC(N)=O)C(=O)O)C(C)CC)C(C)CC)CS1.O=C(OCOC(=O)c1ccccc1O)c1ccccc1O. The summed E-state index contributed by atoms with van der Waals surface area (Å²) in [5.41, 5.74) is 24.0. The number of carbonyl (C=O) groups is 16. The van der Waals surface area contributed by atoms with Gasteiger partial charge < -0.3 is 116 Å². The van der Waals surface area contributed by atoms with Gasteiger partial charge in [-0.3, -0.25) is 67.3 Å². The molecule has 2 heterocycles. The number of carbonyl (C=O) groups excluding carboxylic acids is 13. The van der Waals surface area contributed by atoms with Crippen LogP contribution in [0, 0.1) is 23.7 Å². The van der Waals surface area contributed by atoms with Crippen LogP contribution in [0.25, 0.3) is 0 Å². The van der Waals surface area contributed by atoms with Crippen LogP contribution >= 0.6 is 11.8 Å². The van der Waals surface area contributed by atoms with Crippen LogP contribution in [-0.4, -0.2) is 234 Å². The fourth-order valence-corrected chi connectivity index (χ4v) is 13.3. The smallest absolute Gasteiger partial charge is 0.344 e. The summed E-state index contributed by atoms with van der Waals surface area (Å²) in [5.74, 6) is -18.1. The molecule has 15 atom stereocenters. The zero-order valence-electron chi connectivity index (χ0n) is 69.5. The normalized spacial score (nSPS) is 15.7. The zero-order valence-corrected chi connectivity index (χ0v) is 70.3. The first-order valence-electron chi connectivity index (χ1n) is 40.1. The third-order valence-corrected chi connectivity index (χ3v) is 21.0. The lowest BCUT2D eigenvalue weighted by Gasteiger charge is -2.30. The molecule has 11 amide bonds. The molecule has 0 spiro atoms. The van der Waals surface area contributed by atoms with E-state index >= 15 is 0 Å². The van der Waals surface area contributed by atoms with Gasteiger partial charge in [0.25, 0.3) is 0 Å². The molecule has 0 aliphatic carbocycles. The molecule has 41 heteroatoms. The highest BCUT2D eigenvalue weighted by molar-refractivity contribution is 8.14. The summed E-state index contributed by atoms with van der Waals surface area (Å²) in [7, 11) is 0. The van der Waals surface area contributed by atoms with Gasteiger partial charge in [-0.05, 0) is 112 Å². The molecule has 1 aliphatic heterocycles. The minimum Gasteiger partial charge on any atom is -0.507 e. The molecule has 0 fully saturated rings. The van der Waals surface area contributed by atoms with E-state index in [0.29, 0.717) is 22.8 Å². The summed E-state index contributed by atoms with van der Waals surface area (Å²) in [5, 5.41) is 74.3. The Bertz CT molecular complexity index is 4160. The van der Waals surface area contributed by atoms with Crippen molar-refractivity contribution in [1.82, 2.24) is 63.1 Å². The van der Waals surface area contributed by atoms with Crippen molar-refractivity contribution < 1.29 is 112 Å². The second-order valence-corrected chi connectivity index (χ2v) is 30.8. The van der Waals surface area contributed by atoms with Crippen LogP contribution in [0.5, 0.6) is 11.5 Å². The molecule has 4 aromatic rings. The molecule has 15 unspecified atom stereocenters. The number of nitrogens with zero attached hydrogens (tertiary/aromatic N) is 2. The van der Waals surface area contributed by atoms with Gasteiger partial charge in [-0.1, -0.05) is 129 Å². The number of para-hydroxylation sites is 2. The summed E-state index contributed by atoms with van der Waals surface area (Å²) in [4.78, 5) is 225. The first-order chi connectivity index (χ1) is 57.9. The lowest BCUT2D eigenvalue weighted by Crippen LogP contribution is -2.62. The van der Waals surface area contributed by atoms with Gasteiger partial charge >= 0.3 is 29.8 Å². The van der Waals surface area contributed by atoms with Crippen LogP contribution in [-0.2, 0) is 89.4 Å². The zero-order chi connectivity index (χ0) is 90.9. The number of aromatic nitrogens is 2. The largest absolute Gasteiger partial charge is 0.507 e. The van der Waals surface area contributed by atoms with Crippen LogP contribution in [0.3, 0.4) is 0 Å². The maximum Gasteiger partial charge on any atom is 0.344 e. The average Bonchev–Trinajstić information content (AvgIpc) is 1.45. The van der Waals surface area contributed by atoms with Crippen molar-refractivity contribution in [2.24, 2.45) is 51.6 Å². The molecule has 0 saturated carbocycles. The Labute approximate surface area is 710 Å². The van der Waals surface area contributed by atoms with Gasteiger partial charge in [-0.2, -0.15) is 0 Å². The Kier molecular flexibility index (Phi) is 44.3. The molecule has 670 valence electrons. The topological polar surface area (TPSA) is 658 Å². The number of primary amides is 1. The Hall–Kier alpha value is -12.1. The number of imidazole rings is 1. The number of phenolic OH excluding ortho intramolecular Hbond substituents is 2. The summed E-state index contributed by atoms with van der Waals surface area (Å²) >= 11 is 1.36. The summed E-state index contributed by atoms with van der Waals surface area (Å²) in [6.45, 7) is 14.0. The van der Waals surface area contributed by atoms with Crippen molar-refractivity contribution >= 4 is 112 Å². The molecule has 40 nitrogen and oxygen atoms in total. The molecule has 0 radical (unpaired) electrons. The molecule has 122 heavy (non-hydrogen) atoms. The van der Waals surface area contributed by atoms with E-state index in [1.807, 2.05) is 33.0 Å². The molecule has 3 aromatic carbocycles. The van der Waals surface area contributed by atoms with E-state index in [-0.39, 0.29) is 117 Å². The van der Waals surface area contributed by atoms with Gasteiger partial charge in [0.1, 0.15) is 89.1 Å². The highest BCUT2D eigenvalue weighted by Gasteiger charge is 2.40. The van der Waals surface area contributed by atoms with Gasteiger partial charge in [0.15, 0.2) is 0 Å². The molecule has 0 bridgehead atoms. The van der Waals surface area contributed by atoms with Crippen LogP contribution in [0.2, 0.25) is 0 Å². The number of aromatic amines is 1. The number of H-pyrrole nitrogens is 1. The van der Waals surface area contributed by atoms with E-state index < -0.39 is 206 Å². The predicted molar refractivity (Wildman–Crippen MR) is 445 cm³/mol. The standard InChI is InChI=1S/C66H105N17O17S.C15H12O6/c1-9-35(6)52(70)65-81-48(32-101-65)62(96)76-43(26-34(4)5)58(92)74-42(22-23-50(85)86)57(91)83-53(36(7)10-2)63(97)75-40(20-15-16-24-67)55(89)73-41(21-17-25-68)56(90)82-54(37(8)11-3)64(98)79-44(27-38-18-13-12-14-19-38)59(93)77-45(28-39-31-71-33-72-39)60(94)78-46(30-51(87)88)61(95)80-47(66(99)100)29-49(69)84;16-12-7-3-1-5-10(12)14(18)20-9-21-15(19)11-6-2-4-8-13(11)17/h12-14,18-19,31,33-37,40-48,52-54H,9-11,15-17,20-30,32,67-68,70H2,1-8H3,(H2,69,84)(H,71,72)(H,73,89)(H,74,92)(H,75,97)(H,76,96)(H,77,93)(H,78,94)(H,79,98)(H,80,95)(H,82,90)(H,83,91)(H,85,86)(H,87,88)(H,99,100);1-8,16-17H,9H2. The van der Waals surface area contributed by atoms with E-state index in [0.717, 1.165) is 6.42 Å². The third-order valence-electron chi connectivity index (χ3n) is 19.8. The first kappa shape index (κ1) is 102. The molecule has 1 aromatic heterocycles. The van der Waals surface area contributed by atoms with Crippen molar-refractivity contribution in [3.05, 3.63) is 114 Å². The quantitative estimate of drug-likeness (QED) is 0.0161. The second-order valence-electron chi connectivity index (χ2n) is 29.8. The molecular formula is C81H117N17O23S. The fourth-order valence-electron chi connectivity index (χ4n) is 12.1. The van der Waals surface area contributed by atoms with Gasteiger partial charge in [0.05, 0.1) is 30.3 Å². The van der Waals surface area contributed by atoms with Gasteiger partial charge in [0, 0.05) is 36.9 Å². The van der Waals surface area contributed by atoms with Crippen molar-refractivity contribution in [3.8, 4) is 11.5 Å². The van der Waals surface area contributed by atoms with Crippen molar-refractivity contribution in [2.45, 2.75) is 224 Å². The summed E-state index contributed by atoms with van der Waals surface area (Å²) in [6, 6.07) is 3.32. The predicted octanol–water partition coefficient (Wildman–Crippen LogP) is 0.305. The molecule has 1 aliphatic rings. The lowest BCUT2D eigenvalue weighted by molar-refractivity contribution is -0.145. The number of esters is 2. The average molecular weight is 1730 g/mol. The number of unbranched alkanes of at least 4 members (excludes halogenated alkanes) is 1. The second kappa shape index (κ2) is 52.8. The number of aliphatic carboxylic acids is 3. The van der Waals surface area contributed by atoms with Crippen LogP contribution in [0.15, 0.2) is 96.4 Å². The minimum atomic E-state index is -1.97. The number of carboxylic acids is 3. The van der Waals surface area contributed by atoms with Gasteiger partial charge in [-0.25, -0.2) is 19.4 Å². The van der Waals surface area contributed by atoms with Gasteiger partial charge in [0.2, 0.25) is 71.8 Å². The van der Waals surface area contributed by atoms with E-state index in [1.54, 1.807) is 82.3 Å².